The zero-order valence-electron chi connectivity index (χ0n) is 13.4. The number of carbonyl (C=O) groups is 1. The lowest BCUT2D eigenvalue weighted by Gasteiger charge is -2.28. The number of carbonyl (C=O) groups excluding carboxylic acids is 1. The summed E-state index contributed by atoms with van der Waals surface area (Å²) < 4.78 is 23.8. The third-order valence-corrected chi connectivity index (χ3v) is 6.76. The minimum absolute atomic E-state index is 0.00705. The molecule has 1 atom stereocenters. The number of sulfone groups is 1. The van der Waals surface area contributed by atoms with Crippen molar-refractivity contribution < 1.29 is 13.2 Å². The van der Waals surface area contributed by atoms with Crippen LogP contribution in [-0.4, -0.2) is 36.8 Å². The van der Waals surface area contributed by atoms with Crippen molar-refractivity contribution in [3.05, 3.63) is 69.7 Å². The third kappa shape index (κ3) is 4.35. The average molecular weight is 398 g/mol. The van der Waals surface area contributed by atoms with E-state index in [0.29, 0.717) is 28.6 Å². The molecule has 0 radical (unpaired) electrons. The van der Waals surface area contributed by atoms with Crippen LogP contribution in [0.1, 0.15) is 22.3 Å². The molecule has 0 saturated carbocycles. The van der Waals surface area contributed by atoms with Gasteiger partial charge in [0.25, 0.3) is 5.91 Å². The smallest absolute Gasteiger partial charge is 0.254 e. The van der Waals surface area contributed by atoms with Crippen LogP contribution in [0.4, 0.5) is 0 Å². The molecule has 1 aliphatic rings. The van der Waals surface area contributed by atoms with Gasteiger partial charge < -0.3 is 4.90 Å². The van der Waals surface area contributed by atoms with E-state index in [2.05, 4.69) is 0 Å². The van der Waals surface area contributed by atoms with E-state index in [1.807, 2.05) is 30.3 Å². The maximum atomic E-state index is 13.0. The molecular formula is C18H17Cl2NO3S. The van der Waals surface area contributed by atoms with Gasteiger partial charge in [0.1, 0.15) is 0 Å². The van der Waals surface area contributed by atoms with Gasteiger partial charge in [-0.3, -0.25) is 4.79 Å². The Morgan fingerprint density at radius 3 is 2.40 bits per heavy atom. The van der Waals surface area contributed by atoms with E-state index in [9.17, 15) is 13.2 Å². The van der Waals surface area contributed by atoms with Gasteiger partial charge in [0, 0.05) is 18.2 Å². The highest BCUT2D eigenvalue weighted by Crippen LogP contribution is 2.26. The minimum atomic E-state index is -3.10. The van der Waals surface area contributed by atoms with Crippen molar-refractivity contribution in [1.29, 1.82) is 0 Å². The van der Waals surface area contributed by atoms with E-state index in [-0.39, 0.29) is 23.5 Å². The van der Waals surface area contributed by atoms with Crippen LogP contribution in [0.3, 0.4) is 0 Å². The summed E-state index contributed by atoms with van der Waals surface area (Å²) in [5.41, 5.74) is 1.34. The molecule has 0 aromatic heterocycles. The highest BCUT2D eigenvalue weighted by Gasteiger charge is 2.35. The van der Waals surface area contributed by atoms with Gasteiger partial charge in [-0.05, 0) is 30.2 Å². The van der Waals surface area contributed by atoms with Crippen molar-refractivity contribution in [2.75, 3.05) is 11.5 Å². The number of nitrogens with zero attached hydrogens (tertiary/aromatic N) is 1. The Balaban J connectivity index is 1.92. The Morgan fingerprint density at radius 2 is 1.80 bits per heavy atom. The van der Waals surface area contributed by atoms with E-state index in [4.69, 9.17) is 23.2 Å². The number of amides is 1. The number of halogens is 2. The molecule has 7 heteroatoms. The summed E-state index contributed by atoms with van der Waals surface area (Å²) in [6.07, 6.45) is 0.447. The Morgan fingerprint density at radius 1 is 1.08 bits per heavy atom. The maximum Gasteiger partial charge on any atom is 0.254 e. The zero-order valence-corrected chi connectivity index (χ0v) is 15.7. The van der Waals surface area contributed by atoms with Crippen molar-refractivity contribution in [1.82, 2.24) is 4.90 Å². The minimum Gasteiger partial charge on any atom is -0.330 e. The van der Waals surface area contributed by atoms with Crippen molar-refractivity contribution >= 4 is 38.9 Å². The highest BCUT2D eigenvalue weighted by atomic mass is 35.5. The number of rotatable bonds is 4. The fraction of sp³-hybridized carbons (Fsp3) is 0.278. The van der Waals surface area contributed by atoms with Gasteiger partial charge in [-0.15, -0.1) is 0 Å². The van der Waals surface area contributed by atoms with Crippen LogP contribution < -0.4 is 0 Å². The van der Waals surface area contributed by atoms with E-state index < -0.39 is 9.84 Å². The molecule has 1 amide bonds. The van der Waals surface area contributed by atoms with Gasteiger partial charge in [-0.25, -0.2) is 8.42 Å². The Bertz CT molecular complexity index is 884. The van der Waals surface area contributed by atoms with Gasteiger partial charge in [0.15, 0.2) is 9.84 Å². The van der Waals surface area contributed by atoms with Crippen molar-refractivity contribution in [2.45, 2.75) is 19.0 Å². The fourth-order valence-electron chi connectivity index (χ4n) is 2.96. The summed E-state index contributed by atoms with van der Waals surface area (Å²) in [5, 5.41) is 0.669. The molecule has 1 heterocycles. The summed E-state index contributed by atoms with van der Waals surface area (Å²) in [5.74, 6) is -0.144. The van der Waals surface area contributed by atoms with Gasteiger partial charge in [-0.1, -0.05) is 53.5 Å². The number of benzene rings is 2. The van der Waals surface area contributed by atoms with E-state index >= 15 is 0 Å². The first kappa shape index (κ1) is 18.2. The zero-order chi connectivity index (χ0) is 18.0. The third-order valence-electron chi connectivity index (χ3n) is 4.27. The fourth-order valence-corrected chi connectivity index (χ4v) is 4.99. The average Bonchev–Trinajstić information content (AvgIpc) is 2.95. The molecule has 0 aliphatic carbocycles. The van der Waals surface area contributed by atoms with Crippen molar-refractivity contribution in [2.24, 2.45) is 0 Å². The molecular weight excluding hydrogens is 381 g/mol. The standard InChI is InChI=1S/C18H17Cl2NO3S/c19-16-7-6-14(10-17(16)20)18(22)21(11-13-4-2-1-3-5-13)15-8-9-25(23,24)12-15/h1-7,10,15H,8-9,11-12H2/t15-/m1/s1. The molecule has 2 aromatic rings. The highest BCUT2D eigenvalue weighted by molar-refractivity contribution is 7.91. The van der Waals surface area contributed by atoms with Crippen LogP contribution in [0.15, 0.2) is 48.5 Å². The molecule has 0 spiro atoms. The lowest BCUT2D eigenvalue weighted by Crippen LogP contribution is -2.40. The summed E-state index contributed by atoms with van der Waals surface area (Å²) >= 11 is 12.0. The largest absolute Gasteiger partial charge is 0.330 e. The first-order chi connectivity index (χ1) is 11.9. The molecule has 2 aromatic carbocycles. The Hall–Kier alpha value is -1.56. The van der Waals surface area contributed by atoms with E-state index in [1.165, 1.54) is 6.07 Å². The van der Waals surface area contributed by atoms with Crippen molar-refractivity contribution in [3.8, 4) is 0 Å². The summed E-state index contributed by atoms with van der Waals surface area (Å²) in [4.78, 5) is 14.7. The molecule has 3 rings (SSSR count). The molecule has 0 N–H and O–H groups in total. The summed E-state index contributed by atoms with van der Waals surface area (Å²) in [6, 6.07) is 13.9. The van der Waals surface area contributed by atoms with E-state index in [0.717, 1.165) is 5.56 Å². The normalized spacial score (nSPS) is 18.9. The van der Waals surface area contributed by atoms with Crippen LogP contribution in [0.2, 0.25) is 10.0 Å². The first-order valence-corrected chi connectivity index (χ1v) is 10.4. The second-order valence-electron chi connectivity index (χ2n) is 6.10. The molecule has 1 saturated heterocycles. The van der Waals surface area contributed by atoms with Gasteiger partial charge in [0.2, 0.25) is 0 Å². The molecule has 132 valence electrons. The number of hydrogen-bond acceptors (Lipinski definition) is 3. The van der Waals surface area contributed by atoms with E-state index in [1.54, 1.807) is 17.0 Å². The molecule has 1 aliphatic heterocycles. The topological polar surface area (TPSA) is 54.5 Å². The van der Waals surface area contributed by atoms with Gasteiger partial charge in [-0.2, -0.15) is 0 Å². The summed E-state index contributed by atoms with van der Waals surface area (Å²) in [6.45, 7) is 0.347. The second kappa shape index (κ2) is 7.36. The molecule has 0 bridgehead atoms. The molecule has 4 nitrogen and oxygen atoms in total. The predicted octanol–water partition coefficient (Wildman–Crippen LogP) is 3.82. The molecule has 0 unspecified atom stereocenters. The lowest BCUT2D eigenvalue weighted by atomic mass is 10.1. The SMILES string of the molecule is O=C(c1ccc(Cl)c(Cl)c1)N(Cc1ccccc1)[C@@H]1CCS(=O)(=O)C1. The lowest BCUT2D eigenvalue weighted by molar-refractivity contribution is 0.0681. The summed E-state index contributed by atoms with van der Waals surface area (Å²) in [7, 11) is -3.10. The Kier molecular flexibility index (Phi) is 5.37. The van der Waals surface area contributed by atoms with Crippen LogP contribution in [0.25, 0.3) is 0 Å². The van der Waals surface area contributed by atoms with Gasteiger partial charge in [0.05, 0.1) is 21.6 Å². The molecule has 1 fully saturated rings. The van der Waals surface area contributed by atoms with Gasteiger partial charge >= 0.3 is 0 Å². The number of hydrogen-bond donors (Lipinski definition) is 0. The van der Waals surface area contributed by atoms with Crippen LogP contribution in [0, 0.1) is 0 Å². The van der Waals surface area contributed by atoms with Crippen molar-refractivity contribution in [3.63, 3.8) is 0 Å². The predicted molar refractivity (Wildman–Crippen MR) is 99.8 cm³/mol. The first-order valence-electron chi connectivity index (χ1n) is 7.86. The molecule has 25 heavy (non-hydrogen) atoms. The maximum absolute atomic E-state index is 13.0. The van der Waals surface area contributed by atoms with Crippen LogP contribution in [-0.2, 0) is 16.4 Å². The van der Waals surface area contributed by atoms with Crippen LogP contribution >= 0.6 is 23.2 Å². The second-order valence-corrected chi connectivity index (χ2v) is 9.15. The Labute approximate surface area is 157 Å². The monoisotopic (exact) mass is 397 g/mol. The van der Waals surface area contributed by atoms with Crippen LogP contribution in [0.5, 0.6) is 0 Å². The quantitative estimate of drug-likeness (QED) is 0.787.